The summed E-state index contributed by atoms with van der Waals surface area (Å²) in [5.74, 6) is 0.470. The molecule has 0 aliphatic heterocycles. The van der Waals surface area contributed by atoms with Crippen LogP contribution in [-0.2, 0) is 0 Å². The van der Waals surface area contributed by atoms with Gasteiger partial charge in [0.05, 0.1) is 5.60 Å². The van der Waals surface area contributed by atoms with Crippen molar-refractivity contribution in [1.29, 1.82) is 0 Å². The third-order valence-electron chi connectivity index (χ3n) is 4.34. The fourth-order valence-corrected chi connectivity index (χ4v) is 3.00. The number of hydrogen-bond acceptors (Lipinski definition) is 1. The van der Waals surface area contributed by atoms with Crippen molar-refractivity contribution in [3.63, 3.8) is 0 Å². The summed E-state index contributed by atoms with van der Waals surface area (Å²) in [6.45, 7) is 8.89. The minimum atomic E-state index is -0.415. The van der Waals surface area contributed by atoms with E-state index in [2.05, 4.69) is 27.7 Å². The van der Waals surface area contributed by atoms with Crippen LogP contribution in [0.25, 0.3) is 0 Å². The Labute approximate surface area is 88.9 Å². The minimum Gasteiger partial charge on any atom is -0.389 e. The average molecular weight is 198 g/mol. The third-order valence-corrected chi connectivity index (χ3v) is 4.34. The van der Waals surface area contributed by atoms with E-state index >= 15 is 0 Å². The molecule has 1 nitrogen and oxygen atoms in total. The fraction of sp³-hybridized carbons (Fsp3) is 1.00. The first-order valence-corrected chi connectivity index (χ1v) is 6.16. The molecule has 0 heterocycles. The normalized spacial score (nSPS) is 37.1. The summed E-state index contributed by atoms with van der Waals surface area (Å²) in [7, 11) is 0. The predicted molar refractivity (Wildman–Crippen MR) is 61.3 cm³/mol. The molecule has 1 aliphatic rings. The SMILES string of the molecule is CCCC[C@@]1(O)[C@@H](C)CCCC1(C)C. The molecule has 84 valence electrons. The van der Waals surface area contributed by atoms with Crippen LogP contribution in [0, 0.1) is 11.3 Å². The van der Waals surface area contributed by atoms with Crippen molar-refractivity contribution in [3.8, 4) is 0 Å². The van der Waals surface area contributed by atoms with Gasteiger partial charge in [0.2, 0.25) is 0 Å². The lowest BCUT2D eigenvalue weighted by molar-refractivity contribution is -0.139. The number of unbranched alkanes of at least 4 members (excludes halogenated alkanes) is 1. The Morgan fingerprint density at radius 3 is 2.50 bits per heavy atom. The Balaban J connectivity index is 2.76. The first kappa shape index (κ1) is 12.0. The van der Waals surface area contributed by atoms with Gasteiger partial charge in [-0.05, 0) is 30.6 Å². The molecule has 1 aliphatic carbocycles. The summed E-state index contributed by atoms with van der Waals surface area (Å²) in [5.41, 5.74) is -0.304. The molecule has 14 heavy (non-hydrogen) atoms. The van der Waals surface area contributed by atoms with E-state index in [1.54, 1.807) is 0 Å². The van der Waals surface area contributed by atoms with Crippen molar-refractivity contribution in [1.82, 2.24) is 0 Å². The van der Waals surface area contributed by atoms with Crippen LogP contribution < -0.4 is 0 Å². The van der Waals surface area contributed by atoms with Gasteiger partial charge in [0.1, 0.15) is 0 Å². The number of aliphatic hydroxyl groups is 1. The second-order valence-corrected chi connectivity index (χ2v) is 5.70. The highest BCUT2D eigenvalue weighted by Gasteiger charge is 2.48. The zero-order chi connectivity index (χ0) is 10.8. The lowest BCUT2D eigenvalue weighted by atomic mass is 9.59. The molecule has 2 atom stereocenters. The monoisotopic (exact) mass is 198 g/mol. The van der Waals surface area contributed by atoms with Gasteiger partial charge in [-0.25, -0.2) is 0 Å². The summed E-state index contributed by atoms with van der Waals surface area (Å²) < 4.78 is 0. The molecule has 1 heteroatoms. The molecule has 0 spiro atoms. The summed E-state index contributed by atoms with van der Waals surface area (Å²) in [6.07, 6.45) is 6.98. The zero-order valence-electron chi connectivity index (χ0n) is 10.3. The summed E-state index contributed by atoms with van der Waals surface area (Å²) in [4.78, 5) is 0. The van der Waals surface area contributed by atoms with Gasteiger partial charge < -0.3 is 5.11 Å². The van der Waals surface area contributed by atoms with Crippen molar-refractivity contribution >= 4 is 0 Å². The molecule has 0 saturated heterocycles. The summed E-state index contributed by atoms with van der Waals surface area (Å²) in [6, 6.07) is 0. The first-order valence-electron chi connectivity index (χ1n) is 6.16. The van der Waals surface area contributed by atoms with E-state index in [9.17, 15) is 5.11 Å². The van der Waals surface area contributed by atoms with Crippen LogP contribution in [0.1, 0.15) is 66.2 Å². The topological polar surface area (TPSA) is 20.2 Å². The van der Waals surface area contributed by atoms with Gasteiger partial charge in [-0.2, -0.15) is 0 Å². The molecule has 0 unspecified atom stereocenters. The quantitative estimate of drug-likeness (QED) is 0.732. The van der Waals surface area contributed by atoms with E-state index in [-0.39, 0.29) is 5.41 Å². The molecule has 1 saturated carbocycles. The van der Waals surface area contributed by atoms with E-state index in [0.29, 0.717) is 5.92 Å². The number of hydrogen-bond donors (Lipinski definition) is 1. The van der Waals surface area contributed by atoms with E-state index in [0.717, 1.165) is 12.8 Å². The largest absolute Gasteiger partial charge is 0.389 e. The van der Waals surface area contributed by atoms with Gasteiger partial charge in [-0.15, -0.1) is 0 Å². The molecule has 0 amide bonds. The summed E-state index contributed by atoms with van der Waals surface area (Å²) >= 11 is 0. The maximum absolute atomic E-state index is 10.8. The Kier molecular flexibility index (Phi) is 3.63. The zero-order valence-corrected chi connectivity index (χ0v) is 10.3. The van der Waals surface area contributed by atoms with Crippen LogP contribution >= 0.6 is 0 Å². The lowest BCUT2D eigenvalue weighted by Crippen LogP contribution is -2.52. The maximum Gasteiger partial charge on any atom is 0.0723 e. The van der Waals surface area contributed by atoms with Gasteiger partial charge in [-0.3, -0.25) is 0 Å². The highest BCUT2D eigenvalue weighted by molar-refractivity contribution is 4.99. The van der Waals surface area contributed by atoms with E-state index in [4.69, 9.17) is 0 Å². The lowest BCUT2D eigenvalue weighted by Gasteiger charge is -2.51. The standard InChI is InChI=1S/C13H26O/c1-5-6-10-13(14)11(2)8-7-9-12(13,3)4/h11,14H,5-10H2,1-4H3/t11-,13+/m0/s1. The summed E-state index contributed by atoms with van der Waals surface area (Å²) in [5, 5.41) is 10.8. The Bertz CT molecular complexity index is 186. The molecule has 1 fully saturated rings. The Morgan fingerprint density at radius 2 is 2.00 bits per heavy atom. The fourth-order valence-electron chi connectivity index (χ4n) is 3.00. The number of rotatable bonds is 3. The third kappa shape index (κ3) is 1.98. The molecule has 1 rings (SSSR count). The van der Waals surface area contributed by atoms with E-state index in [1.807, 2.05) is 0 Å². The highest BCUT2D eigenvalue weighted by Crippen LogP contribution is 2.49. The second-order valence-electron chi connectivity index (χ2n) is 5.70. The van der Waals surface area contributed by atoms with Crippen LogP contribution in [0.5, 0.6) is 0 Å². The van der Waals surface area contributed by atoms with Crippen molar-refractivity contribution in [2.24, 2.45) is 11.3 Å². The Hall–Kier alpha value is -0.0400. The van der Waals surface area contributed by atoms with Gasteiger partial charge >= 0.3 is 0 Å². The molecule has 0 radical (unpaired) electrons. The Morgan fingerprint density at radius 1 is 1.36 bits per heavy atom. The molecule has 0 aromatic carbocycles. The van der Waals surface area contributed by atoms with Crippen molar-refractivity contribution in [3.05, 3.63) is 0 Å². The van der Waals surface area contributed by atoms with Crippen LogP contribution in [0.3, 0.4) is 0 Å². The van der Waals surface area contributed by atoms with Crippen molar-refractivity contribution < 1.29 is 5.11 Å². The molecular weight excluding hydrogens is 172 g/mol. The molecule has 0 aromatic rings. The smallest absolute Gasteiger partial charge is 0.0723 e. The predicted octanol–water partition coefficient (Wildman–Crippen LogP) is 3.75. The molecular formula is C13H26O. The second kappa shape index (κ2) is 4.22. The van der Waals surface area contributed by atoms with Crippen LogP contribution in [0.4, 0.5) is 0 Å². The van der Waals surface area contributed by atoms with Gasteiger partial charge in [0.15, 0.2) is 0 Å². The van der Waals surface area contributed by atoms with Gasteiger partial charge in [-0.1, -0.05) is 47.0 Å². The highest BCUT2D eigenvalue weighted by atomic mass is 16.3. The van der Waals surface area contributed by atoms with Crippen LogP contribution in [-0.4, -0.2) is 10.7 Å². The maximum atomic E-state index is 10.8. The van der Waals surface area contributed by atoms with Gasteiger partial charge in [0, 0.05) is 0 Å². The van der Waals surface area contributed by atoms with E-state index in [1.165, 1.54) is 25.7 Å². The van der Waals surface area contributed by atoms with Crippen LogP contribution in [0.15, 0.2) is 0 Å². The molecule has 1 N–H and O–H groups in total. The van der Waals surface area contributed by atoms with Gasteiger partial charge in [0.25, 0.3) is 0 Å². The van der Waals surface area contributed by atoms with E-state index < -0.39 is 5.60 Å². The molecule has 0 aromatic heterocycles. The van der Waals surface area contributed by atoms with Crippen molar-refractivity contribution in [2.45, 2.75) is 71.8 Å². The van der Waals surface area contributed by atoms with Crippen LogP contribution in [0.2, 0.25) is 0 Å². The molecule has 0 bridgehead atoms. The van der Waals surface area contributed by atoms with Crippen molar-refractivity contribution in [2.75, 3.05) is 0 Å². The first-order chi connectivity index (χ1) is 6.44. The minimum absolute atomic E-state index is 0.111. The average Bonchev–Trinajstić information content (AvgIpc) is 2.11.